The standard InChI is InChI=1S/C17H17BrFNO/c1-2-20(16-9-7-15(19)8-10-16)17(21)11-6-13-4-3-5-14(18)12-13/h3-5,7-10,12H,2,6,11H2,1H3. The zero-order valence-corrected chi connectivity index (χ0v) is 13.4. The van der Waals surface area contributed by atoms with Gasteiger partial charge < -0.3 is 4.90 Å². The average Bonchev–Trinajstić information content (AvgIpc) is 2.48. The fourth-order valence-corrected chi connectivity index (χ4v) is 2.65. The van der Waals surface area contributed by atoms with E-state index in [0.717, 1.165) is 15.7 Å². The topological polar surface area (TPSA) is 20.3 Å². The first kappa shape index (κ1) is 15.7. The summed E-state index contributed by atoms with van der Waals surface area (Å²) in [4.78, 5) is 14.0. The summed E-state index contributed by atoms with van der Waals surface area (Å²) in [5, 5.41) is 0. The molecule has 4 heteroatoms. The van der Waals surface area contributed by atoms with Crippen molar-refractivity contribution in [3.8, 4) is 0 Å². The van der Waals surface area contributed by atoms with Gasteiger partial charge in [0.05, 0.1) is 0 Å². The maximum absolute atomic E-state index is 13.0. The van der Waals surface area contributed by atoms with Crippen LogP contribution in [0.15, 0.2) is 53.0 Å². The van der Waals surface area contributed by atoms with Gasteiger partial charge in [-0.2, -0.15) is 0 Å². The quantitative estimate of drug-likeness (QED) is 0.773. The molecule has 2 nitrogen and oxygen atoms in total. The van der Waals surface area contributed by atoms with Crippen LogP contribution in [0.1, 0.15) is 18.9 Å². The fraction of sp³-hybridized carbons (Fsp3) is 0.235. The Morgan fingerprint density at radius 1 is 1.19 bits per heavy atom. The predicted octanol–water partition coefficient (Wildman–Crippen LogP) is 4.57. The van der Waals surface area contributed by atoms with Gasteiger partial charge in [0, 0.05) is 23.1 Å². The molecule has 1 amide bonds. The molecule has 0 aromatic heterocycles. The molecular formula is C17H17BrFNO. The van der Waals surface area contributed by atoms with Crippen molar-refractivity contribution in [2.45, 2.75) is 19.8 Å². The highest BCUT2D eigenvalue weighted by atomic mass is 79.9. The van der Waals surface area contributed by atoms with Crippen LogP contribution in [0.4, 0.5) is 10.1 Å². The summed E-state index contributed by atoms with van der Waals surface area (Å²) >= 11 is 3.42. The Morgan fingerprint density at radius 3 is 2.52 bits per heavy atom. The van der Waals surface area contributed by atoms with Crippen molar-refractivity contribution in [3.05, 3.63) is 64.4 Å². The van der Waals surface area contributed by atoms with Gasteiger partial charge in [-0.3, -0.25) is 4.79 Å². The van der Waals surface area contributed by atoms with Crippen LogP contribution in [0, 0.1) is 5.82 Å². The van der Waals surface area contributed by atoms with Crippen molar-refractivity contribution in [3.63, 3.8) is 0 Å². The van der Waals surface area contributed by atoms with Crippen molar-refractivity contribution in [1.82, 2.24) is 0 Å². The van der Waals surface area contributed by atoms with E-state index >= 15 is 0 Å². The van der Waals surface area contributed by atoms with E-state index in [2.05, 4.69) is 15.9 Å². The van der Waals surface area contributed by atoms with E-state index in [1.54, 1.807) is 17.0 Å². The normalized spacial score (nSPS) is 10.4. The molecule has 0 heterocycles. The van der Waals surface area contributed by atoms with Crippen molar-refractivity contribution >= 4 is 27.5 Å². The van der Waals surface area contributed by atoms with Gasteiger partial charge in [-0.25, -0.2) is 4.39 Å². The molecule has 0 atom stereocenters. The van der Waals surface area contributed by atoms with E-state index < -0.39 is 0 Å². The number of anilines is 1. The molecule has 0 N–H and O–H groups in total. The third-order valence-electron chi connectivity index (χ3n) is 3.27. The largest absolute Gasteiger partial charge is 0.313 e. The molecule has 2 aromatic rings. The maximum Gasteiger partial charge on any atom is 0.227 e. The first-order valence-electron chi connectivity index (χ1n) is 6.90. The molecule has 0 aliphatic heterocycles. The van der Waals surface area contributed by atoms with E-state index in [9.17, 15) is 9.18 Å². The molecule has 0 unspecified atom stereocenters. The number of carbonyl (C=O) groups excluding carboxylic acids is 1. The smallest absolute Gasteiger partial charge is 0.227 e. The van der Waals surface area contributed by atoms with E-state index in [0.29, 0.717) is 19.4 Å². The van der Waals surface area contributed by atoms with Crippen molar-refractivity contribution < 1.29 is 9.18 Å². The second-order valence-corrected chi connectivity index (χ2v) is 5.66. The third kappa shape index (κ3) is 4.39. The first-order valence-corrected chi connectivity index (χ1v) is 7.70. The maximum atomic E-state index is 13.0. The molecule has 0 saturated carbocycles. The molecule has 0 aliphatic rings. The van der Waals surface area contributed by atoms with Gasteiger partial charge in [0.2, 0.25) is 5.91 Å². The van der Waals surface area contributed by atoms with Crippen LogP contribution in [0.3, 0.4) is 0 Å². The van der Waals surface area contributed by atoms with Gasteiger partial charge in [-0.15, -0.1) is 0 Å². The average molecular weight is 350 g/mol. The second-order valence-electron chi connectivity index (χ2n) is 4.74. The minimum atomic E-state index is -0.295. The Hall–Kier alpha value is -1.68. The number of halogens is 2. The lowest BCUT2D eigenvalue weighted by Gasteiger charge is -2.21. The lowest BCUT2D eigenvalue weighted by Crippen LogP contribution is -2.30. The number of benzene rings is 2. The first-order chi connectivity index (χ1) is 10.1. The Kier molecular flexibility index (Phi) is 5.51. The van der Waals surface area contributed by atoms with Crippen LogP contribution in [0.5, 0.6) is 0 Å². The molecule has 0 radical (unpaired) electrons. The zero-order valence-electron chi connectivity index (χ0n) is 11.9. The summed E-state index contributed by atoms with van der Waals surface area (Å²) in [6.07, 6.45) is 1.12. The van der Waals surface area contributed by atoms with Gasteiger partial charge in [0.25, 0.3) is 0 Å². The minimum absolute atomic E-state index is 0.0454. The molecule has 110 valence electrons. The number of amides is 1. The highest BCUT2D eigenvalue weighted by molar-refractivity contribution is 9.10. The second kappa shape index (κ2) is 7.36. The molecule has 0 fully saturated rings. The Labute approximate surface area is 132 Å². The van der Waals surface area contributed by atoms with Crippen LogP contribution in [-0.2, 0) is 11.2 Å². The Morgan fingerprint density at radius 2 is 1.90 bits per heavy atom. The fourth-order valence-electron chi connectivity index (χ4n) is 2.20. The van der Waals surface area contributed by atoms with Gasteiger partial charge in [-0.05, 0) is 55.3 Å². The van der Waals surface area contributed by atoms with Crippen LogP contribution in [-0.4, -0.2) is 12.5 Å². The van der Waals surface area contributed by atoms with Gasteiger partial charge in [0.1, 0.15) is 5.82 Å². The highest BCUT2D eigenvalue weighted by Gasteiger charge is 2.13. The number of hydrogen-bond acceptors (Lipinski definition) is 1. The van der Waals surface area contributed by atoms with Crippen molar-refractivity contribution in [2.24, 2.45) is 0 Å². The van der Waals surface area contributed by atoms with Gasteiger partial charge in [0.15, 0.2) is 0 Å². The SMILES string of the molecule is CCN(C(=O)CCc1cccc(Br)c1)c1ccc(F)cc1. The molecule has 21 heavy (non-hydrogen) atoms. The highest BCUT2D eigenvalue weighted by Crippen LogP contribution is 2.17. The molecular weight excluding hydrogens is 333 g/mol. The lowest BCUT2D eigenvalue weighted by atomic mass is 10.1. The van der Waals surface area contributed by atoms with Crippen molar-refractivity contribution in [1.29, 1.82) is 0 Å². The zero-order chi connectivity index (χ0) is 15.2. The van der Waals surface area contributed by atoms with Crippen LogP contribution in [0.2, 0.25) is 0 Å². The van der Waals surface area contributed by atoms with Crippen LogP contribution >= 0.6 is 15.9 Å². The van der Waals surface area contributed by atoms with Gasteiger partial charge in [-0.1, -0.05) is 28.1 Å². The Balaban J connectivity index is 2.02. The van der Waals surface area contributed by atoms with E-state index in [4.69, 9.17) is 0 Å². The number of carbonyl (C=O) groups is 1. The Bertz CT molecular complexity index is 612. The van der Waals surface area contributed by atoms with Crippen molar-refractivity contribution in [2.75, 3.05) is 11.4 Å². The molecule has 0 spiro atoms. The molecule has 0 saturated heterocycles. The van der Waals surface area contributed by atoms with E-state index in [1.165, 1.54) is 12.1 Å². The minimum Gasteiger partial charge on any atom is -0.313 e. The summed E-state index contributed by atoms with van der Waals surface area (Å²) in [6, 6.07) is 14.0. The monoisotopic (exact) mass is 349 g/mol. The molecule has 2 aromatic carbocycles. The molecule has 0 bridgehead atoms. The van der Waals surface area contributed by atoms with E-state index in [1.807, 2.05) is 31.2 Å². The third-order valence-corrected chi connectivity index (χ3v) is 3.77. The summed E-state index contributed by atoms with van der Waals surface area (Å²) in [5.41, 5.74) is 1.85. The molecule has 2 rings (SSSR count). The van der Waals surface area contributed by atoms with Crippen LogP contribution < -0.4 is 4.90 Å². The van der Waals surface area contributed by atoms with Crippen LogP contribution in [0.25, 0.3) is 0 Å². The predicted molar refractivity (Wildman–Crippen MR) is 86.9 cm³/mol. The number of aryl methyl sites for hydroxylation is 1. The summed E-state index contributed by atoms with van der Waals surface area (Å²) in [7, 11) is 0. The summed E-state index contributed by atoms with van der Waals surface area (Å²) in [5.74, 6) is -0.250. The number of rotatable bonds is 5. The van der Waals surface area contributed by atoms with Gasteiger partial charge >= 0.3 is 0 Å². The number of nitrogens with zero attached hydrogens (tertiary/aromatic N) is 1. The summed E-state index contributed by atoms with van der Waals surface area (Å²) in [6.45, 7) is 2.49. The molecule has 0 aliphatic carbocycles. The summed E-state index contributed by atoms with van der Waals surface area (Å²) < 4.78 is 14.0. The number of hydrogen-bond donors (Lipinski definition) is 0. The lowest BCUT2D eigenvalue weighted by molar-refractivity contribution is -0.118. The van der Waals surface area contributed by atoms with E-state index in [-0.39, 0.29) is 11.7 Å².